The van der Waals surface area contributed by atoms with E-state index in [9.17, 15) is 5.11 Å². The summed E-state index contributed by atoms with van der Waals surface area (Å²) < 4.78 is 0. The maximum Gasteiger partial charge on any atom is 0.122 e. The molecule has 3 rings (SSSR count). The minimum atomic E-state index is -0.322. The van der Waals surface area contributed by atoms with Gasteiger partial charge in [-0.25, -0.2) is 4.98 Å². The second kappa shape index (κ2) is 4.43. The molecule has 0 saturated carbocycles. The molecule has 1 aliphatic carbocycles. The molecule has 4 heteroatoms. The summed E-state index contributed by atoms with van der Waals surface area (Å²) >= 11 is 1.74. The Labute approximate surface area is 99.9 Å². The van der Waals surface area contributed by atoms with Crippen LogP contribution >= 0.6 is 11.3 Å². The minimum absolute atomic E-state index is 0.322. The molecular weight excluding hydrogens is 220 g/mol. The van der Waals surface area contributed by atoms with E-state index in [0.29, 0.717) is 5.92 Å². The molecule has 0 amide bonds. The van der Waals surface area contributed by atoms with Crippen LogP contribution in [0.4, 0.5) is 0 Å². The van der Waals surface area contributed by atoms with E-state index in [1.54, 1.807) is 11.3 Å². The number of thiazole rings is 1. The van der Waals surface area contributed by atoms with Crippen molar-refractivity contribution in [2.45, 2.75) is 38.2 Å². The lowest BCUT2D eigenvalue weighted by molar-refractivity contribution is 0.0885. The van der Waals surface area contributed by atoms with Crippen LogP contribution in [0.15, 0.2) is 0 Å². The molecule has 3 nitrogen and oxygen atoms in total. The first kappa shape index (κ1) is 10.7. The van der Waals surface area contributed by atoms with Gasteiger partial charge >= 0.3 is 0 Å². The van der Waals surface area contributed by atoms with E-state index < -0.39 is 0 Å². The Kier molecular flexibility index (Phi) is 2.96. The maximum atomic E-state index is 10.3. The average molecular weight is 238 g/mol. The molecule has 1 unspecified atom stereocenters. The van der Waals surface area contributed by atoms with Gasteiger partial charge < -0.3 is 10.4 Å². The highest BCUT2D eigenvalue weighted by Crippen LogP contribution is 2.35. The third kappa shape index (κ3) is 1.90. The number of hydrogen-bond donors (Lipinski definition) is 2. The van der Waals surface area contributed by atoms with Gasteiger partial charge in [-0.15, -0.1) is 11.3 Å². The second-order valence-corrected chi connectivity index (χ2v) is 5.92. The highest BCUT2D eigenvalue weighted by molar-refractivity contribution is 7.11. The van der Waals surface area contributed by atoms with Crippen molar-refractivity contribution < 1.29 is 5.11 Å². The lowest BCUT2D eigenvalue weighted by Gasteiger charge is -2.25. The summed E-state index contributed by atoms with van der Waals surface area (Å²) in [6, 6.07) is 0. The fraction of sp³-hybridized carbons (Fsp3) is 0.750. The number of aryl methyl sites for hydroxylation is 2. The number of aromatic nitrogens is 1. The molecule has 0 aromatic carbocycles. The lowest BCUT2D eigenvalue weighted by atomic mass is 9.92. The van der Waals surface area contributed by atoms with Gasteiger partial charge in [-0.1, -0.05) is 0 Å². The standard InChI is InChI=1S/C12H18N2OS/c15-11(8-4-6-13-7-5-8)12-14-9-2-1-3-10(9)16-12/h8,11,13,15H,1-7H2. The van der Waals surface area contributed by atoms with Gasteiger partial charge in [0.1, 0.15) is 11.1 Å². The maximum absolute atomic E-state index is 10.3. The van der Waals surface area contributed by atoms with Crippen LogP contribution in [-0.4, -0.2) is 23.2 Å². The van der Waals surface area contributed by atoms with Crippen LogP contribution in [0.5, 0.6) is 0 Å². The van der Waals surface area contributed by atoms with Crippen molar-refractivity contribution in [1.82, 2.24) is 10.3 Å². The Morgan fingerprint density at radius 2 is 2.12 bits per heavy atom. The number of aliphatic hydroxyl groups is 1. The third-order valence-electron chi connectivity index (χ3n) is 3.70. The van der Waals surface area contributed by atoms with E-state index in [0.717, 1.165) is 37.4 Å². The van der Waals surface area contributed by atoms with E-state index >= 15 is 0 Å². The first-order chi connectivity index (χ1) is 7.84. The molecule has 88 valence electrons. The third-order valence-corrected chi connectivity index (χ3v) is 4.92. The van der Waals surface area contributed by atoms with E-state index in [1.807, 2.05) is 0 Å². The summed E-state index contributed by atoms with van der Waals surface area (Å²) in [5, 5.41) is 14.6. The van der Waals surface area contributed by atoms with E-state index in [1.165, 1.54) is 23.4 Å². The van der Waals surface area contributed by atoms with Crippen LogP contribution in [0.3, 0.4) is 0 Å². The quantitative estimate of drug-likeness (QED) is 0.823. The molecule has 0 bridgehead atoms. The van der Waals surface area contributed by atoms with Crippen molar-refractivity contribution in [3.8, 4) is 0 Å². The van der Waals surface area contributed by atoms with E-state index in [-0.39, 0.29) is 6.10 Å². The molecule has 1 aliphatic heterocycles. The number of fused-ring (bicyclic) bond motifs is 1. The molecule has 0 radical (unpaired) electrons. The summed E-state index contributed by atoms with van der Waals surface area (Å²) in [6.45, 7) is 2.07. The number of piperidine rings is 1. The topological polar surface area (TPSA) is 45.2 Å². The van der Waals surface area contributed by atoms with Crippen LogP contribution in [0.25, 0.3) is 0 Å². The highest BCUT2D eigenvalue weighted by atomic mass is 32.1. The predicted molar refractivity (Wildman–Crippen MR) is 64.7 cm³/mol. The van der Waals surface area contributed by atoms with Gasteiger partial charge in [-0.3, -0.25) is 0 Å². The molecule has 2 aliphatic rings. The van der Waals surface area contributed by atoms with Gasteiger partial charge in [0.2, 0.25) is 0 Å². The monoisotopic (exact) mass is 238 g/mol. The number of rotatable bonds is 2. The summed E-state index contributed by atoms with van der Waals surface area (Å²) in [5.74, 6) is 0.410. The Morgan fingerprint density at radius 1 is 1.31 bits per heavy atom. The normalized spacial score (nSPS) is 23.3. The van der Waals surface area contributed by atoms with Crippen molar-refractivity contribution in [2.24, 2.45) is 5.92 Å². The van der Waals surface area contributed by atoms with Crippen LogP contribution in [0, 0.1) is 5.92 Å². The van der Waals surface area contributed by atoms with Crippen LogP contribution in [0.2, 0.25) is 0 Å². The van der Waals surface area contributed by atoms with Gasteiger partial charge in [0.05, 0.1) is 5.69 Å². The Balaban J connectivity index is 1.75. The van der Waals surface area contributed by atoms with Gasteiger partial charge in [0, 0.05) is 4.88 Å². The van der Waals surface area contributed by atoms with Crippen molar-refractivity contribution in [3.63, 3.8) is 0 Å². The average Bonchev–Trinajstić information content (AvgIpc) is 2.89. The van der Waals surface area contributed by atoms with Gasteiger partial charge in [0.15, 0.2) is 0 Å². The smallest absolute Gasteiger partial charge is 0.122 e. The number of aliphatic hydroxyl groups excluding tert-OH is 1. The molecule has 1 saturated heterocycles. The second-order valence-electron chi connectivity index (χ2n) is 4.81. The molecule has 2 N–H and O–H groups in total. The number of nitrogens with one attached hydrogen (secondary N) is 1. The zero-order valence-electron chi connectivity index (χ0n) is 9.41. The molecular formula is C12H18N2OS. The summed E-state index contributed by atoms with van der Waals surface area (Å²) in [7, 11) is 0. The first-order valence-electron chi connectivity index (χ1n) is 6.22. The van der Waals surface area contributed by atoms with Crippen molar-refractivity contribution in [3.05, 3.63) is 15.6 Å². The number of hydrogen-bond acceptors (Lipinski definition) is 4. The largest absolute Gasteiger partial charge is 0.386 e. The van der Waals surface area contributed by atoms with Crippen LogP contribution < -0.4 is 5.32 Å². The summed E-state index contributed by atoms with van der Waals surface area (Å²) in [6.07, 6.45) is 5.36. The molecule has 1 atom stereocenters. The Bertz CT molecular complexity index is 350. The zero-order chi connectivity index (χ0) is 11.0. The van der Waals surface area contributed by atoms with Crippen molar-refractivity contribution in [2.75, 3.05) is 13.1 Å². The SMILES string of the molecule is OC(c1nc2c(s1)CCC2)C1CCNCC1. The summed E-state index contributed by atoms with van der Waals surface area (Å²) in [5.41, 5.74) is 1.26. The van der Waals surface area contributed by atoms with Gasteiger partial charge in [0.25, 0.3) is 0 Å². The van der Waals surface area contributed by atoms with Crippen LogP contribution in [-0.2, 0) is 12.8 Å². The zero-order valence-corrected chi connectivity index (χ0v) is 10.2. The van der Waals surface area contributed by atoms with Gasteiger partial charge in [-0.05, 0) is 51.1 Å². The molecule has 1 aromatic rings. The fourth-order valence-electron chi connectivity index (χ4n) is 2.70. The lowest BCUT2D eigenvalue weighted by Crippen LogP contribution is -2.30. The first-order valence-corrected chi connectivity index (χ1v) is 7.03. The van der Waals surface area contributed by atoms with E-state index in [2.05, 4.69) is 10.3 Å². The fourth-order valence-corrected chi connectivity index (χ4v) is 3.93. The molecule has 16 heavy (non-hydrogen) atoms. The Morgan fingerprint density at radius 3 is 2.88 bits per heavy atom. The highest BCUT2D eigenvalue weighted by Gasteiger charge is 2.27. The molecule has 1 fully saturated rings. The molecule has 2 heterocycles. The van der Waals surface area contributed by atoms with Crippen LogP contribution in [0.1, 0.15) is 40.9 Å². The van der Waals surface area contributed by atoms with E-state index in [4.69, 9.17) is 0 Å². The van der Waals surface area contributed by atoms with Gasteiger partial charge in [-0.2, -0.15) is 0 Å². The minimum Gasteiger partial charge on any atom is -0.386 e. The Hall–Kier alpha value is -0.450. The predicted octanol–water partition coefficient (Wildman–Crippen LogP) is 1.66. The van der Waals surface area contributed by atoms with Crippen molar-refractivity contribution >= 4 is 11.3 Å². The number of nitrogens with zero attached hydrogens (tertiary/aromatic N) is 1. The molecule has 1 aromatic heterocycles. The molecule has 0 spiro atoms. The van der Waals surface area contributed by atoms with Crippen molar-refractivity contribution in [1.29, 1.82) is 0 Å². The summed E-state index contributed by atoms with van der Waals surface area (Å²) in [4.78, 5) is 6.03.